The van der Waals surface area contributed by atoms with Crippen LogP contribution in [0.4, 0.5) is 27.6 Å². The molecule has 130 valence electrons. The number of thiol groups is 1. The Morgan fingerprint density at radius 1 is 1.25 bits per heavy atom. The third kappa shape index (κ3) is 3.35. The minimum Gasteiger partial charge on any atom is -0.258 e. The van der Waals surface area contributed by atoms with Crippen molar-refractivity contribution in [3.05, 3.63) is 51.2 Å². The number of nitro groups is 1. The lowest BCUT2D eigenvalue weighted by atomic mass is 10.1. The van der Waals surface area contributed by atoms with Crippen LogP contribution in [0.1, 0.15) is 16.8 Å². The van der Waals surface area contributed by atoms with Gasteiger partial charge < -0.3 is 0 Å². The second-order valence-corrected chi connectivity index (χ2v) is 5.45. The fraction of sp³-hybridized carbons (Fsp3) is 0.308. The maximum Gasteiger partial charge on any atom is 0.459 e. The minimum absolute atomic E-state index is 0.130. The average molecular weight is 367 g/mol. The van der Waals surface area contributed by atoms with E-state index in [1.807, 2.05) is 0 Å². The van der Waals surface area contributed by atoms with E-state index in [9.17, 15) is 32.1 Å². The van der Waals surface area contributed by atoms with E-state index in [1.54, 1.807) is 0 Å². The van der Waals surface area contributed by atoms with Crippen LogP contribution in [0.3, 0.4) is 0 Å². The van der Waals surface area contributed by atoms with Gasteiger partial charge in [-0.2, -0.15) is 27.1 Å². The Balaban J connectivity index is 2.32. The number of hydrogen-bond donors (Lipinski definition) is 1. The summed E-state index contributed by atoms with van der Waals surface area (Å²) in [6.45, 7) is 1.32. The van der Waals surface area contributed by atoms with Gasteiger partial charge in [-0.25, -0.2) is 0 Å². The Bertz CT molecular complexity index is 788. The molecule has 1 aromatic carbocycles. The van der Waals surface area contributed by atoms with Crippen molar-refractivity contribution in [2.45, 2.75) is 30.6 Å². The Morgan fingerprint density at radius 3 is 2.38 bits per heavy atom. The molecule has 2 rings (SSSR count). The third-order valence-electron chi connectivity index (χ3n) is 3.23. The second-order valence-electron chi connectivity index (χ2n) is 5.00. The molecule has 0 atom stereocenters. The van der Waals surface area contributed by atoms with Gasteiger partial charge in [0.05, 0.1) is 16.5 Å². The summed E-state index contributed by atoms with van der Waals surface area (Å²) in [6, 6.07) is 4.54. The molecule has 0 radical (unpaired) electrons. The van der Waals surface area contributed by atoms with Crippen molar-refractivity contribution in [3.63, 3.8) is 0 Å². The summed E-state index contributed by atoms with van der Waals surface area (Å²) in [5, 5.41) is 13.8. The molecule has 0 N–H and O–H groups in total. The van der Waals surface area contributed by atoms with Gasteiger partial charge in [0.25, 0.3) is 5.69 Å². The van der Waals surface area contributed by atoms with Crippen molar-refractivity contribution >= 4 is 18.3 Å². The molecule has 0 unspecified atom stereocenters. The van der Waals surface area contributed by atoms with E-state index >= 15 is 0 Å². The molecule has 0 bridgehead atoms. The van der Waals surface area contributed by atoms with Gasteiger partial charge in [0, 0.05) is 11.6 Å². The van der Waals surface area contributed by atoms with Crippen LogP contribution < -0.4 is 0 Å². The second kappa shape index (κ2) is 6.04. The van der Waals surface area contributed by atoms with E-state index in [0.717, 1.165) is 4.68 Å². The van der Waals surface area contributed by atoms with Crippen LogP contribution in [0.2, 0.25) is 0 Å². The van der Waals surface area contributed by atoms with E-state index in [2.05, 4.69) is 17.7 Å². The molecule has 0 aliphatic heterocycles. The molecule has 0 spiro atoms. The van der Waals surface area contributed by atoms with Gasteiger partial charge >= 0.3 is 12.1 Å². The van der Waals surface area contributed by atoms with E-state index in [0.29, 0.717) is 17.2 Å². The maximum atomic E-state index is 13.3. The molecule has 0 saturated heterocycles. The summed E-state index contributed by atoms with van der Waals surface area (Å²) in [7, 11) is 0. The van der Waals surface area contributed by atoms with Gasteiger partial charge in [-0.05, 0) is 24.6 Å². The van der Waals surface area contributed by atoms with Crippen LogP contribution in [0.25, 0.3) is 0 Å². The van der Waals surface area contributed by atoms with E-state index < -0.39 is 22.7 Å². The van der Waals surface area contributed by atoms with Gasteiger partial charge in [0.15, 0.2) is 0 Å². The highest BCUT2D eigenvalue weighted by molar-refractivity contribution is 7.80. The molecule has 0 fully saturated rings. The molecule has 1 heterocycles. The first-order chi connectivity index (χ1) is 10.9. The summed E-state index contributed by atoms with van der Waals surface area (Å²) in [6.07, 6.45) is -5.77. The van der Waals surface area contributed by atoms with E-state index in [-0.39, 0.29) is 17.3 Å². The van der Waals surface area contributed by atoms with Gasteiger partial charge in [-0.1, -0.05) is 6.07 Å². The zero-order valence-corrected chi connectivity index (χ0v) is 12.9. The Hall–Kier alpha value is -2.17. The standard InChI is InChI=1S/C13H10F5N3O2S/c1-7-4-8(2-3-9(7)21(22)23)6-20-11(24)5-10(19-20)12(14,15)13(16,17)18/h2-5,24H,6H2,1H3. The minimum atomic E-state index is -5.77. The first-order valence-corrected chi connectivity index (χ1v) is 6.84. The molecular formula is C13H10F5N3O2S. The molecule has 0 saturated carbocycles. The predicted octanol–water partition coefficient (Wildman–Crippen LogP) is 4.09. The monoisotopic (exact) mass is 367 g/mol. The topological polar surface area (TPSA) is 61.0 Å². The first kappa shape index (κ1) is 18.2. The largest absolute Gasteiger partial charge is 0.459 e. The first-order valence-electron chi connectivity index (χ1n) is 6.39. The fourth-order valence-electron chi connectivity index (χ4n) is 2.02. The number of alkyl halides is 5. The number of nitro benzene ring substituents is 1. The number of halogens is 5. The summed E-state index contributed by atoms with van der Waals surface area (Å²) < 4.78 is 64.6. The predicted molar refractivity (Wildman–Crippen MR) is 76.4 cm³/mol. The molecule has 0 aliphatic carbocycles. The van der Waals surface area contributed by atoms with Gasteiger partial charge in [0.2, 0.25) is 0 Å². The van der Waals surface area contributed by atoms with Gasteiger partial charge in [-0.15, -0.1) is 12.6 Å². The molecular weight excluding hydrogens is 357 g/mol. The lowest BCUT2D eigenvalue weighted by Crippen LogP contribution is -2.34. The SMILES string of the molecule is Cc1cc(Cn2nc(C(F)(F)C(F)(F)F)cc2S)ccc1[N+](=O)[O-]. The summed E-state index contributed by atoms with van der Waals surface area (Å²) in [5.74, 6) is -5.10. The number of benzene rings is 1. The quantitative estimate of drug-likeness (QED) is 0.383. The number of rotatable bonds is 4. The fourth-order valence-corrected chi connectivity index (χ4v) is 2.25. The Morgan fingerprint density at radius 2 is 1.88 bits per heavy atom. The normalized spacial score (nSPS) is 12.5. The zero-order chi connectivity index (χ0) is 18.3. The number of aromatic nitrogens is 2. The molecule has 0 aliphatic rings. The smallest absolute Gasteiger partial charge is 0.258 e. The van der Waals surface area contributed by atoms with Crippen molar-refractivity contribution in [1.82, 2.24) is 9.78 Å². The van der Waals surface area contributed by atoms with E-state index in [4.69, 9.17) is 0 Å². The number of nitrogens with zero attached hydrogens (tertiary/aromatic N) is 3. The average Bonchev–Trinajstić information content (AvgIpc) is 2.79. The maximum absolute atomic E-state index is 13.3. The van der Waals surface area contributed by atoms with Crippen molar-refractivity contribution in [2.75, 3.05) is 0 Å². The van der Waals surface area contributed by atoms with Crippen LogP contribution >= 0.6 is 12.6 Å². The van der Waals surface area contributed by atoms with Gasteiger partial charge in [-0.3, -0.25) is 14.8 Å². The van der Waals surface area contributed by atoms with Crippen LogP contribution in [0.15, 0.2) is 29.3 Å². The summed E-state index contributed by atoms with van der Waals surface area (Å²) in [4.78, 5) is 10.2. The highest BCUT2D eigenvalue weighted by atomic mass is 32.1. The number of aryl methyl sites for hydroxylation is 1. The molecule has 2 aromatic rings. The van der Waals surface area contributed by atoms with Crippen LogP contribution in [0, 0.1) is 17.0 Å². The molecule has 24 heavy (non-hydrogen) atoms. The Kier molecular flexibility index (Phi) is 4.57. The summed E-state index contributed by atoms with van der Waals surface area (Å²) in [5.41, 5.74) is -0.821. The summed E-state index contributed by atoms with van der Waals surface area (Å²) >= 11 is 3.85. The highest BCUT2D eigenvalue weighted by Gasteiger charge is 2.60. The van der Waals surface area contributed by atoms with Crippen LogP contribution in [0.5, 0.6) is 0 Å². The third-order valence-corrected chi connectivity index (χ3v) is 3.59. The van der Waals surface area contributed by atoms with E-state index in [1.165, 1.54) is 25.1 Å². The van der Waals surface area contributed by atoms with Crippen molar-refractivity contribution in [3.8, 4) is 0 Å². The molecule has 0 amide bonds. The lowest BCUT2D eigenvalue weighted by Gasteiger charge is -2.16. The molecule has 5 nitrogen and oxygen atoms in total. The van der Waals surface area contributed by atoms with Crippen molar-refractivity contribution < 1.29 is 26.9 Å². The Labute approximate surface area is 137 Å². The van der Waals surface area contributed by atoms with Crippen LogP contribution in [-0.2, 0) is 12.5 Å². The zero-order valence-electron chi connectivity index (χ0n) is 12.0. The van der Waals surface area contributed by atoms with Crippen molar-refractivity contribution in [2.24, 2.45) is 0 Å². The lowest BCUT2D eigenvalue weighted by molar-refractivity contribution is -0.385. The molecule has 1 aromatic heterocycles. The van der Waals surface area contributed by atoms with Gasteiger partial charge in [0.1, 0.15) is 5.69 Å². The van der Waals surface area contributed by atoms with Crippen molar-refractivity contribution in [1.29, 1.82) is 0 Å². The van der Waals surface area contributed by atoms with Crippen LogP contribution in [-0.4, -0.2) is 20.9 Å². The highest BCUT2D eigenvalue weighted by Crippen LogP contribution is 2.43. The number of hydrogen-bond acceptors (Lipinski definition) is 4. The molecule has 11 heteroatoms.